The number of hydrogen-bond donors (Lipinski definition) is 0. The zero-order valence-electron chi connectivity index (χ0n) is 16.1. The maximum absolute atomic E-state index is 2.41. The monoisotopic (exact) mass is 326 g/mol. The van der Waals surface area contributed by atoms with Gasteiger partial charge in [-0.1, -0.05) is 54.1 Å². The highest BCUT2D eigenvalue weighted by molar-refractivity contribution is 5.84. The third kappa shape index (κ3) is 2.20. The van der Waals surface area contributed by atoms with E-state index >= 15 is 0 Å². The molecule has 0 heterocycles. The van der Waals surface area contributed by atoms with E-state index < -0.39 is 0 Å². The molecule has 0 bridgehead atoms. The van der Waals surface area contributed by atoms with Gasteiger partial charge in [0.05, 0.1) is 0 Å². The highest BCUT2D eigenvalue weighted by Crippen LogP contribution is 2.53. The average Bonchev–Trinajstić information content (AvgIpc) is 2.79. The van der Waals surface area contributed by atoms with E-state index in [4.69, 9.17) is 0 Å². The van der Waals surface area contributed by atoms with Crippen LogP contribution < -0.4 is 0 Å². The molecule has 0 unspecified atom stereocenters. The van der Waals surface area contributed by atoms with Gasteiger partial charge in [0.15, 0.2) is 0 Å². The van der Waals surface area contributed by atoms with Crippen molar-refractivity contribution in [3.63, 3.8) is 0 Å². The van der Waals surface area contributed by atoms with Gasteiger partial charge in [-0.3, -0.25) is 0 Å². The maximum atomic E-state index is 2.41. The summed E-state index contributed by atoms with van der Waals surface area (Å²) in [5.41, 5.74) is 13.8. The number of rotatable bonds is 1. The molecule has 1 aliphatic rings. The van der Waals surface area contributed by atoms with Crippen LogP contribution in [0.4, 0.5) is 0 Å². The largest absolute Gasteiger partial charge is 0.0590 e. The molecule has 0 spiro atoms. The Kier molecular flexibility index (Phi) is 3.44. The zero-order chi connectivity index (χ0) is 17.9. The first-order valence-corrected chi connectivity index (χ1v) is 9.13. The quantitative estimate of drug-likeness (QED) is 0.475. The molecule has 0 N–H and O–H groups in total. The van der Waals surface area contributed by atoms with Crippen LogP contribution in [0.3, 0.4) is 0 Å². The van der Waals surface area contributed by atoms with Crippen LogP contribution in [0, 0.1) is 34.6 Å². The summed E-state index contributed by atoms with van der Waals surface area (Å²) in [6, 6.07) is 18.7. The smallest absolute Gasteiger partial charge is 0.0435 e. The molecular formula is C25H26. The normalized spacial score (nSPS) is 14.3. The van der Waals surface area contributed by atoms with Crippen molar-refractivity contribution in [1.29, 1.82) is 0 Å². The minimum Gasteiger partial charge on any atom is -0.0590 e. The first kappa shape index (κ1) is 16.1. The maximum Gasteiger partial charge on any atom is 0.0435 e. The van der Waals surface area contributed by atoms with Crippen molar-refractivity contribution in [2.45, 2.75) is 47.0 Å². The fourth-order valence-corrected chi connectivity index (χ4v) is 4.25. The number of benzene rings is 3. The fraction of sp³-hybridized carbons (Fsp3) is 0.280. The Morgan fingerprint density at radius 1 is 0.560 bits per heavy atom. The third-order valence-corrected chi connectivity index (χ3v) is 6.26. The van der Waals surface area contributed by atoms with Crippen LogP contribution in [0.15, 0.2) is 48.5 Å². The van der Waals surface area contributed by atoms with Crippen molar-refractivity contribution in [3.8, 4) is 11.1 Å². The van der Waals surface area contributed by atoms with Crippen LogP contribution in [-0.2, 0) is 5.41 Å². The van der Waals surface area contributed by atoms with Gasteiger partial charge in [0.25, 0.3) is 0 Å². The second-order valence-electron chi connectivity index (χ2n) is 7.96. The van der Waals surface area contributed by atoms with Gasteiger partial charge >= 0.3 is 0 Å². The SMILES string of the molecule is Cc1ccc(C2(C)c3cc(C)c(C)cc3-c3cc(C)c(C)cc32)cc1. The minimum atomic E-state index is -0.0880. The van der Waals surface area contributed by atoms with Gasteiger partial charge in [-0.15, -0.1) is 0 Å². The average molecular weight is 326 g/mol. The summed E-state index contributed by atoms with van der Waals surface area (Å²) in [6.07, 6.45) is 0. The lowest BCUT2D eigenvalue weighted by atomic mass is 9.73. The van der Waals surface area contributed by atoms with Crippen molar-refractivity contribution < 1.29 is 0 Å². The second kappa shape index (κ2) is 5.33. The molecule has 0 radical (unpaired) electrons. The molecule has 0 aromatic heterocycles. The van der Waals surface area contributed by atoms with Crippen LogP contribution in [0.25, 0.3) is 11.1 Å². The summed E-state index contributed by atoms with van der Waals surface area (Å²) >= 11 is 0. The van der Waals surface area contributed by atoms with Crippen molar-refractivity contribution in [2.75, 3.05) is 0 Å². The molecule has 0 saturated heterocycles. The van der Waals surface area contributed by atoms with Gasteiger partial charge in [0.2, 0.25) is 0 Å². The lowest BCUT2D eigenvalue weighted by Crippen LogP contribution is -2.22. The highest BCUT2D eigenvalue weighted by atomic mass is 14.4. The molecule has 0 amide bonds. The van der Waals surface area contributed by atoms with Gasteiger partial charge in [-0.2, -0.15) is 0 Å². The molecular weight excluding hydrogens is 300 g/mol. The molecule has 3 aromatic carbocycles. The molecule has 0 saturated carbocycles. The van der Waals surface area contributed by atoms with Gasteiger partial charge in [-0.25, -0.2) is 0 Å². The number of hydrogen-bond acceptors (Lipinski definition) is 0. The minimum absolute atomic E-state index is 0.0880. The van der Waals surface area contributed by atoms with Crippen LogP contribution in [0.5, 0.6) is 0 Å². The van der Waals surface area contributed by atoms with E-state index in [1.165, 1.54) is 55.6 Å². The van der Waals surface area contributed by atoms with Crippen molar-refractivity contribution in [1.82, 2.24) is 0 Å². The van der Waals surface area contributed by atoms with Gasteiger partial charge in [0.1, 0.15) is 0 Å². The van der Waals surface area contributed by atoms with E-state index in [1.807, 2.05) is 0 Å². The van der Waals surface area contributed by atoms with Crippen molar-refractivity contribution in [2.24, 2.45) is 0 Å². The van der Waals surface area contributed by atoms with E-state index in [1.54, 1.807) is 0 Å². The van der Waals surface area contributed by atoms with E-state index in [-0.39, 0.29) is 5.41 Å². The summed E-state index contributed by atoms with van der Waals surface area (Å²) in [7, 11) is 0. The van der Waals surface area contributed by atoms with Gasteiger partial charge in [0, 0.05) is 5.41 Å². The topological polar surface area (TPSA) is 0 Å². The summed E-state index contributed by atoms with van der Waals surface area (Å²) < 4.78 is 0. The molecule has 25 heavy (non-hydrogen) atoms. The predicted octanol–water partition coefficient (Wildman–Crippen LogP) is 6.56. The van der Waals surface area contributed by atoms with Gasteiger partial charge < -0.3 is 0 Å². The highest BCUT2D eigenvalue weighted by Gasteiger charge is 2.41. The Hall–Kier alpha value is -2.34. The Morgan fingerprint density at radius 3 is 1.40 bits per heavy atom. The van der Waals surface area contributed by atoms with E-state index in [0.29, 0.717) is 0 Å². The predicted molar refractivity (Wildman–Crippen MR) is 108 cm³/mol. The van der Waals surface area contributed by atoms with Crippen LogP contribution in [-0.4, -0.2) is 0 Å². The van der Waals surface area contributed by atoms with Crippen molar-refractivity contribution in [3.05, 3.63) is 93.0 Å². The molecule has 0 fully saturated rings. The van der Waals surface area contributed by atoms with E-state index in [2.05, 4.69) is 90.1 Å². The lowest BCUT2D eigenvalue weighted by Gasteiger charge is -2.29. The molecule has 0 heteroatoms. The molecule has 0 atom stereocenters. The summed E-state index contributed by atoms with van der Waals surface area (Å²) in [5, 5.41) is 0. The molecule has 4 rings (SSSR count). The molecule has 126 valence electrons. The number of aryl methyl sites for hydroxylation is 5. The standard InChI is InChI=1S/C25H26/c1-15-7-9-20(10-8-15)25(6)23-13-18(4)16(2)11-21(23)22-12-17(3)19(5)14-24(22)25/h7-14H,1-6H3. The van der Waals surface area contributed by atoms with E-state index in [0.717, 1.165) is 0 Å². The molecule has 0 aliphatic heterocycles. The summed E-state index contributed by atoms with van der Waals surface area (Å²) in [4.78, 5) is 0. The Morgan fingerprint density at radius 2 is 0.960 bits per heavy atom. The molecule has 1 aliphatic carbocycles. The number of fused-ring (bicyclic) bond motifs is 3. The summed E-state index contributed by atoms with van der Waals surface area (Å²) in [6.45, 7) is 13.4. The molecule has 3 aromatic rings. The Bertz CT molecular complexity index is 930. The second-order valence-corrected chi connectivity index (χ2v) is 7.96. The lowest BCUT2D eigenvalue weighted by molar-refractivity contribution is 0.711. The summed E-state index contributed by atoms with van der Waals surface area (Å²) in [5.74, 6) is 0. The Labute approximate surface area is 151 Å². The van der Waals surface area contributed by atoms with E-state index in [9.17, 15) is 0 Å². The zero-order valence-corrected chi connectivity index (χ0v) is 16.1. The third-order valence-electron chi connectivity index (χ3n) is 6.26. The van der Waals surface area contributed by atoms with Gasteiger partial charge in [-0.05, 0) is 91.6 Å². The first-order valence-electron chi connectivity index (χ1n) is 9.13. The van der Waals surface area contributed by atoms with Crippen molar-refractivity contribution >= 4 is 0 Å². The van der Waals surface area contributed by atoms with Crippen LogP contribution in [0.2, 0.25) is 0 Å². The first-order chi connectivity index (χ1) is 11.8. The Balaban J connectivity index is 2.11. The molecule has 0 nitrogen and oxygen atoms in total. The van der Waals surface area contributed by atoms with Crippen LogP contribution in [0.1, 0.15) is 51.4 Å². The fourth-order valence-electron chi connectivity index (χ4n) is 4.25. The van der Waals surface area contributed by atoms with Crippen LogP contribution >= 0.6 is 0 Å².